The van der Waals surface area contributed by atoms with Gasteiger partial charge in [0.05, 0.1) is 18.2 Å². The average Bonchev–Trinajstić information content (AvgIpc) is 2.35. The third-order valence-electron chi connectivity index (χ3n) is 3.88. The summed E-state index contributed by atoms with van der Waals surface area (Å²) in [5.74, 6) is 0.424. The van der Waals surface area contributed by atoms with Gasteiger partial charge in [-0.2, -0.15) is 0 Å². The molecule has 0 saturated carbocycles. The first-order valence-corrected chi connectivity index (χ1v) is 8.25. The highest BCUT2D eigenvalue weighted by Crippen LogP contribution is 2.18. The van der Waals surface area contributed by atoms with Gasteiger partial charge in [0, 0.05) is 25.7 Å². The standard InChI is InChI=1S/C16H33N3O2.2ClH/c1-7-17-12(4)8-18-16(20)15(11(2)3)19-9-13(5)21-14(6)10-19;;/h11-15,17H,7-10H2,1-6H3,(H,18,20);2*1H/t12-,13?,14?,15?;;/m1../s1. The monoisotopic (exact) mass is 371 g/mol. The van der Waals surface area contributed by atoms with Crippen molar-refractivity contribution in [3.05, 3.63) is 0 Å². The molecule has 1 aliphatic heterocycles. The summed E-state index contributed by atoms with van der Waals surface area (Å²) in [4.78, 5) is 14.9. The Morgan fingerprint density at radius 3 is 2.13 bits per heavy atom. The van der Waals surface area contributed by atoms with Crippen molar-refractivity contribution < 1.29 is 9.53 Å². The highest BCUT2D eigenvalue weighted by atomic mass is 35.5. The third-order valence-corrected chi connectivity index (χ3v) is 3.88. The van der Waals surface area contributed by atoms with E-state index in [0.717, 1.165) is 19.6 Å². The van der Waals surface area contributed by atoms with Gasteiger partial charge in [-0.3, -0.25) is 9.69 Å². The lowest BCUT2D eigenvalue weighted by Crippen LogP contribution is -2.57. The molecule has 7 heteroatoms. The molecule has 1 rings (SSSR count). The predicted octanol–water partition coefficient (Wildman–Crippen LogP) is 2.08. The molecule has 0 bridgehead atoms. The van der Waals surface area contributed by atoms with Crippen LogP contribution in [-0.4, -0.2) is 61.3 Å². The molecule has 0 radical (unpaired) electrons. The molecule has 0 spiro atoms. The Bertz CT molecular complexity index is 322. The zero-order valence-corrected chi connectivity index (χ0v) is 16.9. The fourth-order valence-electron chi connectivity index (χ4n) is 3.11. The van der Waals surface area contributed by atoms with Crippen molar-refractivity contribution in [1.82, 2.24) is 15.5 Å². The van der Waals surface area contributed by atoms with Gasteiger partial charge >= 0.3 is 0 Å². The maximum Gasteiger partial charge on any atom is 0.237 e. The van der Waals surface area contributed by atoms with Crippen molar-refractivity contribution in [2.75, 3.05) is 26.2 Å². The van der Waals surface area contributed by atoms with Crippen LogP contribution in [0.15, 0.2) is 0 Å². The van der Waals surface area contributed by atoms with E-state index in [2.05, 4.69) is 57.1 Å². The summed E-state index contributed by atoms with van der Waals surface area (Å²) in [5.41, 5.74) is 0. The molecular formula is C16H35Cl2N3O2. The van der Waals surface area contributed by atoms with Gasteiger partial charge in [0.25, 0.3) is 0 Å². The van der Waals surface area contributed by atoms with E-state index in [1.165, 1.54) is 0 Å². The van der Waals surface area contributed by atoms with Gasteiger partial charge in [-0.1, -0.05) is 20.8 Å². The molecule has 1 amide bonds. The highest BCUT2D eigenvalue weighted by molar-refractivity contribution is 5.85. The maximum atomic E-state index is 12.6. The summed E-state index contributed by atoms with van der Waals surface area (Å²) in [6.07, 6.45) is 0.368. The predicted molar refractivity (Wildman–Crippen MR) is 101 cm³/mol. The molecule has 0 aromatic heterocycles. The van der Waals surface area contributed by atoms with Crippen LogP contribution < -0.4 is 10.6 Å². The molecule has 140 valence electrons. The summed E-state index contributed by atoms with van der Waals surface area (Å²) < 4.78 is 5.77. The molecule has 1 heterocycles. The van der Waals surface area contributed by atoms with E-state index >= 15 is 0 Å². The second-order valence-corrected chi connectivity index (χ2v) is 6.60. The van der Waals surface area contributed by atoms with Gasteiger partial charge in [0.2, 0.25) is 5.91 Å². The van der Waals surface area contributed by atoms with Crippen LogP contribution in [0, 0.1) is 5.92 Å². The van der Waals surface area contributed by atoms with E-state index in [0.29, 0.717) is 12.6 Å². The van der Waals surface area contributed by atoms with E-state index in [1.54, 1.807) is 0 Å². The van der Waals surface area contributed by atoms with Crippen molar-refractivity contribution in [3.63, 3.8) is 0 Å². The first kappa shape index (κ1) is 25.2. The van der Waals surface area contributed by atoms with Crippen molar-refractivity contribution in [3.8, 4) is 0 Å². The normalized spacial score (nSPS) is 24.3. The minimum absolute atomic E-state index is 0. The number of carbonyl (C=O) groups excluding carboxylic acids is 1. The zero-order valence-electron chi connectivity index (χ0n) is 15.3. The summed E-state index contributed by atoms with van der Waals surface area (Å²) in [6.45, 7) is 15.8. The van der Waals surface area contributed by atoms with E-state index in [1.807, 2.05) is 0 Å². The zero-order chi connectivity index (χ0) is 16.0. The number of nitrogens with one attached hydrogen (secondary N) is 2. The smallest absolute Gasteiger partial charge is 0.237 e. The number of amides is 1. The minimum Gasteiger partial charge on any atom is -0.373 e. The number of carbonyl (C=O) groups is 1. The van der Waals surface area contributed by atoms with E-state index in [4.69, 9.17) is 4.74 Å². The van der Waals surface area contributed by atoms with Crippen molar-refractivity contribution in [2.45, 2.75) is 65.8 Å². The van der Waals surface area contributed by atoms with E-state index in [9.17, 15) is 4.79 Å². The second kappa shape index (κ2) is 12.3. The molecule has 2 N–H and O–H groups in total. The fraction of sp³-hybridized carbons (Fsp3) is 0.938. The molecule has 1 fully saturated rings. The van der Waals surface area contributed by atoms with Gasteiger partial charge in [0.1, 0.15) is 0 Å². The Morgan fingerprint density at radius 1 is 1.17 bits per heavy atom. The first-order chi connectivity index (χ1) is 9.85. The van der Waals surface area contributed by atoms with Crippen LogP contribution in [0.5, 0.6) is 0 Å². The van der Waals surface area contributed by atoms with Gasteiger partial charge < -0.3 is 15.4 Å². The summed E-state index contributed by atoms with van der Waals surface area (Å²) in [6, 6.07) is 0.224. The lowest BCUT2D eigenvalue weighted by Gasteiger charge is -2.41. The van der Waals surface area contributed by atoms with Crippen LogP contribution in [0.25, 0.3) is 0 Å². The van der Waals surface area contributed by atoms with Crippen LogP contribution in [-0.2, 0) is 9.53 Å². The number of hydrogen-bond donors (Lipinski definition) is 2. The molecule has 0 aromatic carbocycles. The molecule has 3 unspecified atom stereocenters. The van der Waals surface area contributed by atoms with E-state index in [-0.39, 0.29) is 54.9 Å². The molecule has 1 saturated heterocycles. The molecule has 23 heavy (non-hydrogen) atoms. The number of hydrogen-bond acceptors (Lipinski definition) is 4. The fourth-order valence-corrected chi connectivity index (χ4v) is 3.11. The second-order valence-electron chi connectivity index (χ2n) is 6.60. The SMILES string of the molecule is CCN[C@H](C)CNC(=O)C(C(C)C)N1CC(C)OC(C)C1.Cl.Cl. The highest BCUT2D eigenvalue weighted by Gasteiger charge is 2.34. The number of morpholine rings is 1. The number of nitrogens with zero attached hydrogens (tertiary/aromatic N) is 1. The molecule has 4 atom stereocenters. The number of rotatable bonds is 7. The first-order valence-electron chi connectivity index (χ1n) is 8.25. The summed E-state index contributed by atoms with van der Waals surface area (Å²) >= 11 is 0. The molecular weight excluding hydrogens is 337 g/mol. The van der Waals surface area contributed by atoms with Crippen molar-refractivity contribution >= 4 is 30.7 Å². The molecule has 0 aromatic rings. The number of halogens is 2. The van der Waals surface area contributed by atoms with Gasteiger partial charge in [-0.25, -0.2) is 0 Å². The quantitative estimate of drug-likeness (QED) is 0.719. The minimum atomic E-state index is -0.0763. The number of likely N-dealkylation sites (N-methyl/N-ethyl adjacent to an activating group) is 1. The average molecular weight is 372 g/mol. The van der Waals surface area contributed by atoms with Crippen LogP contribution in [0.4, 0.5) is 0 Å². The Kier molecular flexibility index (Phi) is 13.5. The van der Waals surface area contributed by atoms with E-state index < -0.39 is 0 Å². The van der Waals surface area contributed by atoms with Crippen LogP contribution in [0.3, 0.4) is 0 Å². The lowest BCUT2D eigenvalue weighted by atomic mass is 9.99. The summed E-state index contributed by atoms with van der Waals surface area (Å²) in [5, 5.41) is 6.41. The van der Waals surface area contributed by atoms with Gasteiger partial charge in [-0.15, -0.1) is 24.8 Å². The number of ether oxygens (including phenoxy) is 1. The Labute approximate surface area is 154 Å². The van der Waals surface area contributed by atoms with Crippen LogP contribution in [0.1, 0.15) is 41.5 Å². The Hall–Kier alpha value is -0.0700. The molecule has 1 aliphatic rings. The van der Waals surface area contributed by atoms with Crippen molar-refractivity contribution in [2.24, 2.45) is 5.92 Å². The third kappa shape index (κ3) is 8.54. The molecule has 0 aliphatic carbocycles. The van der Waals surface area contributed by atoms with Crippen LogP contribution in [0.2, 0.25) is 0 Å². The van der Waals surface area contributed by atoms with Crippen molar-refractivity contribution in [1.29, 1.82) is 0 Å². The molecule has 5 nitrogen and oxygen atoms in total. The largest absolute Gasteiger partial charge is 0.373 e. The maximum absolute atomic E-state index is 12.6. The van der Waals surface area contributed by atoms with Gasteiger partial charge in [-0.05, 0) is 33.2 Å². The Balaban J connectivity index is 0. The van der Waals surface area contributed by atoms with Crippen LogP contribution >= 0.6 is 24.8 Å². The topological polar surface area (TPSA) is 53.6 Å². The Morgan fingerprint density at radius 2 is 1.70 bits per heavy atom. The van der Waals surface area contributed by atoms with Gasteiger partial charge in [0.15, 0.2) is 0 Å². The lowest BCUT2D eigenvalue weighted by molar-refractivity contribution is -0.135. The summed E-state index contributed by atoms with van der Waals surface area (Å²) in [7, 11) is 0.